The van der Waals surface area contributed by atoms with E-state index in [1.54, 1.807) is 23.5 Å². The number of aromatic nitrogens is 2. The molecule has 0 bridgehead atoms. The zero-order valence-electron chi connectivity index (χ0n) is 15.6. The molecule has 0 saturated carbocycles. The first-order valence-electron chi connectivity index (χ1n) is 9.13. The number of benzene rings is 2. The van der Waals surface area contributed by atoms with Crippen molar-refractivity contribution in [2.45, 2.75) is 20.4 Å². The molecule has 1 aliphatic heterocycles. The topological polar surface area (TPSA) is 55.1 Å². The van der Waals surface area contributed by atoms with Crippen molar-refractivity contribution in [2.24, 2.45) is 0 Å². The molecule has 0 radical (unpaired) electrons. The van der Waals surface area contributed by atoms with Gasteiger partial charge in [0.25, 0.3) is 5.56 Å². The number of thiophene rings is 1. The molecule has 2 aromatic carbocycles. The summed E-state index contributed by atoms with van der Waals surface area (Å²) in [5.74, 6) is 0.858. The number of hydrogen-bond acceptors (Lipinski definition) is 4. The van der Waals surface area contributed by atoms with Gasteiger partial charge < -0.3 is 9.67 Å². The average Bonchev–Trinajstić information content (AvgIpc) is 2.99. The molecule has 0 fully saturated rings. The summed E-state index contributed by atoms with van der Waals surface area (Å²) in [6.45, 7) is 4.70. The van der Waals surface area contributed by atoms with Gasteiger partial charge >= 0.3 is 0 Å². The number of para-hydroxylation sites is 1. The molecular formula is C23H18N2O2S. The Morgan fingerprint density at radius 1 is 1.11 bits per heavy atom. The highest BCUT2D eigenvalue weighted by molar-refractivity contribution is 7.18. The van der Waals surface area contributed by atoms with Crippen molar-refractivity contribution in [1.29, 1.82) is 0 Å². The highest BCUT2D eigenvalue weighted by atomic mass is 32.1. The van der Waals surface area contributed by atoms with Gasteiger partial charge in [-0.3, -0.25) is 4.79 Å². The number of aromatic hydroxyl groups is 1. The lowest BCUT2D eigenvalue weighted by Crippen LogP contribution is -2.22. The first kappa shape index (κ1) is 17.0. The van der Waals surface area contributed by atoms with Gasteiger partial charge in [-0.25, -0.2) is 0 Å². The lowest BCUT2D eigenvalue weighted by Gasteiger charge is -2.24. The van der Waals surface area contributed by atoms with E-state index in [-0.39, 0.29) is 11.3 Å². The van der Waals surface area contributed by atoms with Crippen molar-refractivity contribution < 1.29 is 5.11 Å². The fourth-order valence-electron chi connectivity index (χ4n) is 3.83. The largest absolute Gasteiger partial charge is 0.507 e. The van der Waals surface area contributed by atoms with Crippen molar-refractivity contribution in [2.75, 3.05) is 0 Å². The molecule has 0 spiro atoms. The van der Waals surface area contributed by atoms with E-state index in [0.29, 0.717) is 23.3 Å². The Labute approximate surface area is 166 Å². The summed E-state index contributed by atoms with van der Waals surface area (Å²) in [5, 5.41) is 11.0. The van der Waals surface area contributed by atoms with Gasteiger partial charge in [0.05, 0.1) is 11.9 Å². The lowest BCUT2D eigenvalue weighted by molar-refractivity contribution is 0.474. The third kappa shape index (κ3) is 2.43. The number of phenolic OH excluding ortho intramolecular Hbond substituents is 1. The summed E-state index contributed by atoms with van der Waals surface area (Å²) in [6.07, 6.45) is 1.92. The van der Waals surface area contributed by atoms with Crippen molar-refractivity contribution in [3.05, 3.63) is 91.8 Å². The molecule has 4 aromatic rings. The Kier molecular flexibility index (Phi) is 3.74. The highest BCUT2D eigenvalue weighted by Crippen LogP contribution is 2.37. The molecule has 4 nitrogen and oxygen atoms in total. The third-order valence-corrected chi connectivity index (χ3v) is 6.63. The Balaban J connectivity index is 1.88. The summed E-state index contributed by atoms with van der Waals surface area (Å²) in [5.41, 5.74) is 4.59. The molecular weight excluding hydrogens is 368 g/mol. The van der Waals surface area contributed by atoms with E-state index in [1.165, 1.54) is 5.56 Å². The van der Waals surface area contributed by atoms with Crippen LogP contribution < -0.4 is 5.56 Å². The predicted octanol–water partition coefficient (Wildman–Crippen LogP) is 4.73. The molecule has 0 unspecified atom stereocenters. The lowest BCUT2D eigenvalue weighted by atomic mass is 9.93. The van der Waals surface area contributed by atoms with E-state index in [0.717, 1.165) is 26.4 Å². The zero-order valence-corrected chi connectivity index (χ0v) is 16.4. The minimum atomic E-state index is -0.189. The third-order valence-electron chi connectivity index (χ3n) is 5.40. The van der Waals surface area contributed by atoms with Gasteiger partial charge in [0.15, 0.2) is 0 Å². The molecule has 1 aliphatic rings. The molecule has 0 amide bonds. The van der Waals surface area contributed by atoms with Crippen LogP contribution in [-0.2, 0) is 6.54 Å². The van der Waals surface area contributed by atoms with Gasteiger partial charge in [-0.2, -0.15) is 4.98 Å². The summed E-state index contributed by atoms with van der Waals surface area (Å²) < 4.78 is 2.13. The SMILES string of the molecule is Cc1sc2c(c1C)c(=O)nc1n2Cc2ccccc2C1=Cc1ccccc1O. The minimum absolute atomic E-state index is 0.189. The number of nitrogens with zero attached hydrogens (tertiary/aromatic N) is 2. The van der Waals surface area contributed by atoms with Gasteiger partial charge in [-0.15, -0.1) is 11.3 Å². The van der Waals surface area contributed by atoms with Crippen molar-refractivity contribution in [3.63, 3.8) is 0 Å². The van der Waals surface area contributed by atoms with Crippen molar-refractivity contribution >= 4 is 33.2 Å². The second kappa shape index (κ2) is 6.17. The fourth-order valence-corrected chi connectivity index (χ4v) is 4.98. The first-order valence-corrected chi connectivity index (χ1v) is 9.95. The monoisotopic (exact) mass is 386 g/mol. The van der Waals surface area contributed by atoms with Gasteiger partial charge in [0.1, 0.15) is 16.4 Å². The van der Waals surface area contributed by atoms with Gasteiger partial charge in [-0.1, -0.05) is 42.5 Å². The van der Waals surface area contributed by atoms with E-state index in [9.17, 15) is 9.90 Å². The zero-order chi connectivity index (χ0) is 19.4. The highest BCUT2D eigenvalue weighted by Gasteiger charge is 2.25. The standard InChI is InChI=1S/C23H18N2O2S/c1-13-14(2)28-23-20(13)22(27)24-21-18(11-15-7-4-6-10-19(15)26)17-9-5-3-8-16(17)12-25(21)23/h3-11,26H,12H2,1-2H3. The predicted molar refractivity (Wildman–Crippen MR) is 114 cm³/mol. The molecule has 0 saturated heterocycles. The fraction of sp³-hybridized carbons (Fsp3) is 0.130. The number of fused-ring (bicyclic) bond motifs is 4. The summed E-state index contributed by atoms with van der Waals surface area (Å²) in [7, 11) is 0. The number of phenols is 1. The van der Waals surface area contributed by atoms with Gasteiger partial charge in [-0.05, 0) is 42.7 Å². The van der Waals surface area contributed by atoms with Crippen molar-refractivity contribution in [1.82, 2.24) is 9.55 Å². The summed E-state index contributed by atoms with van der Waals surface area (Å²) in [4.78, 5) is 19.5. The summed E-state index contributed by atoms with van der Waals surface area (Å²) in [6, 6.07) is 15.4. The molecule has 5 heteroatoms. The van der Waals surface area contributed by atoms with Gasteiger partial charge in [0.2, 0.25) is 0 Å². The van der Waals surface area contributed by atoms with Crippen LogP contribution in [0.3, 0.4) is 0 Å². The molecule has 0 aliphatic carbocycles. The van der Waals surface area contributed by atoms with E-state index in [1.807, 2.05) is 50.3 Å². The Morgan fingerprint density at radius 3 is 2.68 bits per heavy atom. The molecule has 2 aromatic heterocycles. The number of rotatable bonds is 1. The smallest absolute Gasteiger partial charge is 0.282 e. The van der Waals surface area contributed by atoms with E-state index < -0.39 is 0 Å². The second-order valence-corrected chi connectivity index (χ2v) is 8.27. The Bertz CT molecular complexity index is 1340. The quantitative estimate of drug-likeness (QED) is 0.453. The molecule has 28 heavy (non-hydrogen) atoms. The summed E-state index contributed by atoms with van der Waals surface area (Å²) >= 11 is 1.64. The second-order valence-electron chi connectivity index (χ2n) is 7.06. The Morgan fingerprint density at radius 2 is 1.86 bits per heavy atom. The maximum absolute atomic E-state index is 12.9. The molecule has 5 rings (SSSR count). The maximum atomic E-state index is 12.9. The van der Waals surface area contributed by atoms with E-state index in [2.05, 4.69) is 15.6 Å². The number of hydrogen-bond donors (Lipinski definition) is 1. The van der Waals surface area contributed by atoms with Crippen LogP contribution in [0, 0.1) is 13.8 Å². The normalized spacial score (nSPS) is 14.3. The molecule has 1 N–H and O–H groups in total. The van der Waals surface area contributed by atoms with Crippen LogP contribution in [0.2, 0.25) is 0 Å². The average molecular weight is 386 g/mol. The Hall–Kier alpha value is -3.18. The molecule has 3 heterocycles. The van der Waals surface area contributed by atoms with E-state index >= 15 is 0 Å². The molecule has 138 valence electrons. The maximum Gasteiger partial charge on any atom is 0.282 e. The first-order chi connectivity index (χ1) is 13.5. The minimum Gasteiger partial charge on any atom is -0.507 e. The van der Waals surface area contributed by atoms with Crippen LogP contribution in [0.25, 0.3) is 21.9 Å². The van der Waals surface area contributed by atoms with Crippen LogP contribution in [-0.4, -0.2) is 14.7 Å². The van der Waals surface area contributed by atoms with Crippen LogP contribution in [0.5, 0.6) is 5.75 Å². The van der Waals surface area contributed by atoms with Crippen LogP contribution in [0.1, 0.15) is 33.0 Å². The van der Waals surface area contributed by atoms with Crippen LogP contribution in [0.4, 0.5) is 0 Å². The van der Waals surface area contributed by atoms with Gasteiger partial charge in [0, 0.05) is 16.0 Å². The van der Waals surface area contributed by atoms with Crippen molar-refractivity contribution in [3.8, 4) is 5.75 Å². The van der Waals surface area contributed by atoms with Crippen LogP contribution >= 0.6 is 11.3 Å². The number of aryl methyl sites for hydroxylation is 2. The molecule has 0 atom stereocenters. The van der Waals surface area contributed by atoms with E-state index in [4.69, 9.17) is 0 Å². The van der Waals surface area contributed by atoms with Crippen LogP contribution in [0.15, 0.2) is 53.3 Å².